The summed E-state index contributed by atoms with van der Waals surface area (Å²) in [6.45, 7) is 0.316. The van der Waals surface area contributed by atoms with Crippen molar-refractivity contribution in [1.29, 1.82) is 0 Å². The minimum absolute atomic E-state index is 0.288. The number of hydrogen-bond donors (Lipinski definition) is 2. The fourth-order valence-electron chi connectivity index (χ4n) is 2.13. The van der Waals surface area contributed by atoms with Gasteiger partial charge in [0.2, 0.25) is 0 Å². The summed E-state index contributed by atoms with van der Waals surface area (Å²) in [7, 11) is 0. The van der Waals surface area contributed by atoms with Gasteiger partial charge in [-0.25, -0.2) is 4.79 Å². The lowest BCUT2D eigenvalue weighted by Gasteiger charge is -2.06. The summed E-state index contributed by atoms with van der Waals surface area (Å²) in [6, 6.07) is 13.2. The quantitative estimate of drug-likeness (QED) is 0.330. The summed E-state index contributed by atoms with van der Waals surface area (Å²) in [6.07, 6.45) is 2.45. The highest BCUT2D eigenvalue weighted by atomic mass is 16.5. The Labute approximate surface area is 146 Å². The lowest BCUT2D eigenvalue weighted by Crippen LogP contribution is -2.08. The molecule has 6 nitrogen and oxygen atoms in total. The molecule has 25 heavy (non-hydrogen) atoms. The van der Waals surface area contributed by atoms with Crippen molar-refractivity contribution in [3.8, 4) is 5.75 Å². The molecule has 0 aliphatic heterocycles. The van der Waals surface area contributed by atoms with Gasteiger partial charge in [0.05, 0.1) is 12.2 Å². The zero-order valence-corrected chi connectivity index (χ0v) is 13.9. The first-order valence-electron chi connectivity index (χ1n) is 8.13. The van der Waals surface area contributed by atoms with E-state index in [9.17, 15) is 9.59 Å². The second kappa shape index (κ2) is 9.32. The molecule has 0 aliphatic rings. The van der Waals surface area contributed by atoms with Gasteiger partial charge in [0.15, 0.2) is 0 Å². The maximum atomic E-state index is 11.8. The number of esters is 2. The maximum absolute atomic E-state index is 11.8. The first-order chi connectivity index (χ1) is 12.0. The number of carbonyl (C=O) groups excluding carboxylic acids is 2. The molecule has 0 spiro atoms. The van der Waals surface area contributed by atoms with Gasteiger partial charge in [-0.2, -0.15) is 0 Å². The molecule has 6 heteroatoms. The Balaban J connectivity index is 1.57. The first-order valence-corrected chi connectivity index (χ1v) is 8.13. The van der Waals surface area contributed by atoms with Crippen LogP contribution in [0.5, 0.6) is 5.75 Å². The molecule has 0 radical (unpaired) electrons. The van der Waals surface area contributed by atoms with Gasteiger partial charge in [0, 0.05) is 17.8 Å². The second-order valence-electron chi connectivity index (χ2n) is 5.61. The molecule has 132 valence electrons. The highest BCUT2D eigenvalue weighted by Crippen LogP contribution is 2.14. The minimum atomic E-state index is -0.372. The summed E-state index contributed by atoms with van der Waals surface area (Å²) in [5.74, 6) is -0.178. The fourth-order valence-corrected chi connectivity index (χ4v) is 2.13. The van der Waals surface area contributed by atoms with Crippen LogP contribution in [-0.4, -0.2) is 18.5 Å². The molecule has 2 rings (SSSR count). The molecule has 0 heterocycles. The Morgan fingerprint density at radius 1 is 0.800 bits per heavy atom. The second-order valence-corrected chi connectivity index (χ2v) is 5.61. The van der Waals surface area contributed by atoms with Gasteiger partial charge in [0.1, 0.15) is 5.75 Å². The van der Waals surface area contributed by atoms with Gasteiger partial charge < -0.3 is 20.9 Å². The Hall–Kier alpha value is -3.02. The maximum Gasteiger partial charge on any atom is 0.338 e. The number of hydrogen-bond acceptors (Lipinski definition) is 6. The third-order valence-corrected chi connectivity index (χ3v) is 3.52. The van der Waals surface area contributed by atoms with Crippen molar-refractivity contribution in [2.45, 2.75) is 25.7 Å². The average Bonchev–Trinajstić information content (AvgIpc) is 2.60. The van der Waals surface area contributed by atoms with Crippen molar-refractivity contribution < 1.29 is 19.1 Å². The summed E-state index contributed by atoms with van der Waals surface area (Å²) >= 11 is 0. The predicted octanol–water partition coefficient (Wildman–Crippen LogP) is 3.17. The molecule has 0 bridgehead atoms. The van der Waals surface area contributed by atoms with Crippen LogP contribution in [0.1, 0.15) is 36.0 Å². The van der Waals surface area contributed by atoms with Crippen molar-refractivity contribution in [3.63, 3.8) is 0 Å². The van der Waals surface area contributed by atoms with E-state index in [2.05, 4.69) is 0 Å². The molecule has 0 amide bonds. The monoisotopic (exact) mass is 342 g/mol. The van der Waals surface area contributed by atoms with E-state index in [4.69, 9.17) is 20.9 Å². The Morgan fingerprint density at radius 2 is 1.40 bits per heavy atom. The minimum Gasteiger partial charge on any atom is -0.462 e. The molecule has 2 aromatic rings. The molecule has 0 unspecified atom stereocenters. The molecule has 0 saturated heterocycles. The number of ether oxygens (including phenoxy) is 2. The van der Waals surface area contributed by atoms with E-state index < -0.39 is 0 Å². The van der Waals surface area contributed by atoms with Gasteiger partial charge in [-0.3, -0.25) is 4.79 Å². The number of nitrogen functional groups attached to an aromatic ring is 2. The Morgan fingerprint density at radius 3 is 2.04 bits per heavy atom. The molecule has 0 aromatic heterocycles. The lowest BCUT2D eigenvalue weighted by atomic mass is 10.2. The topological polar surface area (TPSA) is 105 Å². The van der Waals surface area contributed by atoms with Gasteiger partial charge in [-0.05, 0) is 67.8 Å². The van der Waals surface area contributed by atoms with Crippen molar-refractivity contribution in [2.24, 2.45) is 0 Å². The summed E-state index contributed by atoms with van der Waals surface area (Å²) in [5, 5.41) is 0. The normalized spacial score (nSPS) is 10.2. The van der Waals surface area contributed by atoms with Gasteiger partial charge in [-0.15, -0.1) is 0 Å². The van der Waals surface area contributed by atoms with Crippen LogP contribution in [0.25, 0.3) is 0 Å². The molecule has 0 aliphatic carbocycles. The fraction of sp³-hybridized carbons (Fsp3) is 0.263. The number of nitrogens with two attached hydrogens (primary N) is 2. The number of unbranched alkanes of at least 4 members (excludes halogenated alkanes) is 2. The highest BCUT2D eigenvalue weighted by Gasteiger charge is 2.07. The van der Waals surface area contributed by atoms with E-state index in [1.165, 1.54) is 0 Å². The van der Waals surface area contributed by atoms with E-state index in [-0.39, 0.29) is 11.9 Å². The van der Waals surface area contributed by atoms with Crippen molar-refractivity contribution in [2.75, 3.05) is 18.1 Å². The smallest absolute Gasteiger partial charge is 0.338 e. The Kier molecular flexibility index (Phi) is 6.83. The third kappa shape index (κ3) is 6.55. The van der Waals surface area contributed by atoms with E-state index in [0.29, 0.717) is 48.6 Å². The lowest BCUT2D eigenvalue weighted by molar-refractivity contribution is -0.134. The number of carbonyl (C=O) groups is 2. The van der Waals surface area contributed by atoms with Gasteiger partial charge in [-0.1, -0.05) is 0 Å². The van der Waals surface area contributed by atoms with Crippen LogP contribution in [0, 0.1) is 0 Å². The van der Waals surface area contributed by atoms with Gasteiger partial charge in [0.25, 0.3) is 0 Å². The number of anilines is 2. The van der Waals surface area contributed by atoms with Gasteiger partial charge >= 0.3 is 11.9 Å². The zero-order chi connectivity index (χ0) is 18.1. The van der Waals surface area contributed by atoms with E-state index in [1.807, 2.05) is 0 Å². The summed E-state index contributed by atoms with van der Waals surface area (Å²) in [5.41, 5.74) is 12.8. The third-order valence-electron chi connectivity index (χ3n) is 3.52. The van der Waals surface area contributed by atoms with Crippen LogP contribution in [0.3, 0.4) is 0 Å². The van der Waals surface area contributed by atoms with Crippen molar-refractivity contribution in [1.82, 2.24) is 0 Å². The Bertz CT molecular complexity index is 696. The molecular formula is C19H22N2O4. The molecular weight excluding hydrogens is 320 g/mol. The number of rotatable bonds is 8. The van der Waals surface area contributed by atoms with Crippen LogP contribution >= 0.6 is 0 Å². The van der Waals surface area contributed by atoms with Crippen LogP contribution in [-0.2, 0) is 9.53 Å². The van der Waals surface area contributed by atoms with Crippen LogP contribution < -0.4 is 16.2 Å². The van der Waals surface area contributed by atoms with E-state index in [0.717, 1.165) is 6.42 Å². The zero-order valence-electron chi connectivity index (χ0n) is 13.9. The van der Waals surface area contributed by atoms with Crippen molar-refractivity contribution >= 4 is 23.3 Å². The summed E-state index contributed by atoms with van der Waals surface area (Å²) in [4.78, 5) is 23.5. The average molecular weight is 342 g/mol. The number of benzene rings is 2. The van der Waals surface area contributed by atoms with Crippen LogP contribution in [0.4, 0.5) is 11.4 Å². The molecule has 0 fully saturated rings. The van der Waals surface area contributed by atoms with E-state index in [1.54, 1.807) is 48.5 Å². The molecule has 0 atom stereocenters. The standard InChI is InChI=1S/C19H22N2O4/c20-15-7-5-14(6-8-15)19(23)24-13-3-1-2-4-18(22)25-17-11-9-16(21)10-12-17/h5-12H,1-4,13,20-21H2. The van der Waals surface area contributed by atoms with E-state index >= 15 is 0 Å². The summed E-state index contributed by atoms with van der Waals surface area (Å²) < 4.78 is 10.4. The molecule has 0 saturated carbocycles. The first kappa shape index (κ1) is 18.3. The van der Waals surface area contributed by atoms with Crippen molar-refractivity contribution in [3.05, 3.63) is 54.1 Å². The predicted molar refractivity (Wildman–Crippen MR) is 96.1 cm³/mol. The molecule has 4 N–H and O–H groups in total. The SMILES string of the molecule is Nc1ccc(OC(=O)CCCCCOC(=O)c2ccc(N)cc2)cc1. The van der Waals surface area contributed by atoms with Crippen LogP contribution in [0.2, 0.25) is 0 Å². The highest BCUT2D eigenvalue weighted by molar-refractivity contribution is 5.89. The molecule has 2 aromatic carbocycles. The van der Waals surface area contributed by atoms with Crippen LogP contribution in [0.15, 0.2) is 48.5 Å². The largest absolute Gasteiger partial charge is 0.462 e.